The van der Waals surface area contributed by atoms with Crippen LogP contribution in [0.25, 0.3) is 0 Å². The number of carbonyl (C=O) groups is 1. The van der Waals surface area contributed by atoms with Crippen molar-refractivity contribution in [2.75, 3.05) is 0 Å². The van der Waals surface area contributed by atoms with Gasteiger partial charge in [-0.3, -0.25) is 0 Å². The fourth-order valence-electron chi connectivity index (χ4n) is 1.14. The Morgan fingerprint density at radius 1 is 1.25 bits per heavy atom. The van der Waals surface area contributed by atoms with Gasteiger partial charge in [0.25, 0.3) is 0 Å². The van der Waals surface area contributed by atoms with Gasteiger partial charge in [-0.25, -0.2) is 9.18 Å². The van der Waals surface area contributed by atoms with Crippen molar-refractivity contribution in [2.24, 2.45) is 0 Å². The molecule has 0 spiro atoms. The minimum atomic E-state index is -4.50. The molecular formula is C10H8ClF3O2. The molecule has 0 saturated heterocycles. The quantitative estimate of drug-likeness (QED) is 0.897. The summed E-state index contributed by atoms with van der Waals surface area (Å²) in [5, 5.41) is 8.53. The van der Waals surface area contributed by atoms with Gasteiger partial charge in [-0.1, -0.05) is 23.7 Å². The molecule has 88 valence electrons. The summed E-state index contributed by atoms with van der Waals surface area (Å²) in [5.74, 6) is -7.01. The van der Waals surface area contributed by atoms with Crippen molar-refractivity contribution in [2.45, 2.75) is 18.5 Å². The molecule has 1 N–H and O–H groups in total. The lowest BCUT2D eigenvalue weighted by atomic mass is 9.91. The molecule has 0 heterocycles. The lowest BCUT2D eigenvalue weighted by Crippen LogP contribution is -2.45. The van der Waals surface area contributed by atoms with Gasteiger partial charge in [0.15, 0.2) is 0 Å². The Morgan fingerprint density at radius 3 is 2.06 bits per heavy atom. The molecule has 0 fully saturated rings. The molecule has 0 amide bonds. The molecular weight excluding hydrogens is 245 g/mol. The Labute approximate surface area is 94.6 Å². The van der Waals surface area contributed by atoms with E-state index in [0.717, 1.165) is 12.1 Å². The number of rotatable bonds is 3. The Hall–Kier alpha value is -1.23. The maximum absolute atomic E-state index is 13.8. The van der Waals surface area contributed by atoms with Crippen molar-refractivity contribution in [3.8, 4) is 0 Å². The Kier molecular flexibility index (Phi) is 3.19. The molecule has 2 nitrogen and oxygen atoms in total. The van der Waals surface area contributed by atoms with Crippen LogP contribution < -0.4 is 0 Å². The van der Waals surface area contributed by atoms with Crippen LogP contribution in [0.4, 0.5) is 13.2 Å². The third kappa shape index (κ3) is 2.00. The Morgan fingerprint density at radius 2 is 1.69 bits per heavy atom. The summed E-state index contributed by atoms with van der Waals surface area (Å²) in [6.45, 7) is 0.518. The fourth-order valence-corrected chi connectivity index (χ4v) is 1.27. The molecule has 1 unspecified atom stereocenters. The number of halogens is 4. The number of hydrogen-bond acceptors (Lipinski definition) is 1. The summed E-state index contributed by atoms with van der Waals surface area (Å²) in [7, 11) is 0. The smallest absolute Gasteiger partial charge is 0.379 e. The summed E-state index contributed by atoms with van der Waals surface area (Å²) in [4.78, 5) is 10.3. The second-order valence-corrected chi connectivity index (χ2v) is 3.83. The second-order valence-electron chi connectivity index (χ2n) is 3.39. The van der Waals surface area contributed by atoms with E-state index in [9.17, 15) is 18.0 Å². The van der Waals surface area contributed by atoms with Crippen LogP contribution in [-0.4, -0.2) is 17.0 Å². The van der Waals surface area contributed by atoms with E-state index in [1.165, 1.54) is 12.1 Å². The van der Waals surface area contributed by atoms with Crippen LogP contribution in [0.2, 0.25) is 5.02 Å². The van der Waals surface area contributed by atoms with Crippen molar-refractivity contribution in [3.63, 3.8) is 0 Å². The van der Waals surface area contributed by atoms with Gasteiger partial charge < -0.3 is 5.11 Å². The zero-order chi connectivity index (χ0) is 12.6. The van der Waals surface area contributed by atoms with Gasteiger partial charge in [0, 0.05) is 5.02 Å². The van der Waals surface area contributed by atoms with Crippen molar-refractivity contribution < 1.29 is 23.1 Å². The highest BCUT2D eigenvalue weighted by molar-refractivity contribution is 6.30. The minimum Gasteiger partial charge on any atom is -0.477 e. The number of benzene rings is 1. The number of carboxylic acids is 1. The van der Waals surface area contributed by atoms with Crippen molar-refractivity contribution in [1.82, 2.24) is 0 Å². The normalized spacial score (nSPS) is 15.6. The van der Waals surface area contributed by atoms with Crippen LogP contribution in [0.15, 0.2) is 24.3 Å². The Balaban J connectivity index is 3.20. The van der Waals surface area contributed by atoms with Gasteiger partial charge in [-0.15, -0.1) is 0 Å². The molecule has 0 bridgehead atoms. The first-order valence-corrected chi connectivity index (χ1v) is 4.63. The summed E-state index contributed by atoms with van der Waals surface area (Å²) >= 11 is 5.51. The van der Waals surface area contributed by atoms with Gasteiger partial charge in [0.05, 0.1) is 0 Å². The largest absolute Gasteiger partial charge is 0.477 e. The molecule has 0 aliphatic rings. The predicted molar refractivity (Wildman–Crippen MR) is 52.5 cm³/mol. The van der Waals surface area contributed by atoms with Crippen molar-refractivity contribution >= 4 is 17.6 Å². The first kappa shape index (κ1) is 12.8. The average molecular weight is 253 g/mol. The first-order chi connectivity index (χ1) is 7.19. The van der Waals surface area contributed by atoms with E-state index in [-0.39, 0.29) is 5.02 Å². The molecule has 6 heteroatoms. The molecule has 0 saturated carbocycles. The molecule has 0 aliphatic carbocycles. The zero-order valence-electron chi connectivity index (χ0n) is 8.18. The highest BCUT2D eigenvalue weighted by Gasteiger charge is 2.58. The van der Waals surface area contributed by atoms with E-state index in [4.69, 9.17) is 16.7 Å². The monoisotopic (exact) mass is 252 g/mol. The number of carboxylic acid groups (broad SMARTS) is 1. The van der Waals surface area contributed by atoms with Gasteiger partial charge in [0.1, 0.15) is 0 Å². The maximum atomic E-state index is 13.8. The van der Waals surface area contributed by atoms with Crippen LogP contribution in [-0.2, 0) is 10.5 Å². The van der Waals surface area contributed by atoms with Gasteiger partial charge in [-0.05, 0) is 24.6 Å². The summed E-state index contributed by atoms with van der Waals surface area (Å²) in [6, 6.07) is 4.48. The molecule has 0 aliphatic heterocycles. The molecule has 1 rings (SSSR count). The third-order valence-electron chi connectivity index (χ3n) is 2.24. The van der Waals surface area contributed by atoms with Crippen molar-refractivity contribution in [3.05, 3.63) is 34.9 Å². The molecule has 16 heavy (non-hydrogen) atoms. The molecule has 0 aromatic heterocycles. The summed E-state index contributed by atoms with van der Waals surface area (Å²) in [6.07, 6.45) is 0. The highest BCUT2D eigenvalue weighted by Crippen LogP contribution is 2.41. The lowest BCUT2D eigenvalue weighted by molar-refractivity contribution is -0.190. The van der Waals surface area contributed by atoms with E-state index in [0.29, 0.717) is 6.92 Å². The van der Waals surface area contributed by atoms with E-state index in [1.54, 1.807) is 0 Å². The van der Waals surface area contributed by atoms with Crippen LogP contribution in [0.5, 0.6) is 0 Å². The van der Waals surface area contributed by atoms with Crippen LogP contribution in [0, 0.1) is 0 Å². The minimum absolute atomic E-state index is 0.248. The van der Waals surface area contributed by atoms with Gasteiger partial charge >= 0.3 is 11.9 Å². The maximum Gasteiger partial charge on any atom is 0.379 e. The average Bonchev–Trinajstić information content (AvgIpc) is 2.17. The number of aliphatic carboxylic acids is 1. The predicted octanol–water partition coefficient (Wildman–Crippen LogP) is 3.24. The molecule has 1 aromatic carbocycles. The second kappa shape index (κ2) is 3.97. The molecule has 0 radical (unpaired) electrons. The fraction of sp³-hybridized carbons (Fsp3) is 0.300. The van der Waals surface area contributed by atoms with Gasteiger partial charge in [-0.2, -0.15) is 8.78 Å². The summed E-state index contributed by atoms with van der Waals surface area (Å²) in [5.41, 5.74) is -3.73. The lowest BCUT2D eigenvalue weighted by Gasteiger charge is -2.27. The molecule has 1 aromatic rings. The topological polar surface area (TPSA) is 37.3 Å². The number of alkyl halides is 3. The van der Waals surface area contributed by atoms with Crippen molar-refractivity contribution in [1.29, 1.82) is 0 Å². The standard InChI is InChI=1S/C10H8ClF3O2/c1-9(12,10(13,14)8(15)16)6-2-4-7(11)5-3-6/h2-5H,1H3,(H,15,16). The Bertz CT molecular complexity index is 401. The van der Waals surface area contributed by atoms with E-state index < -0.39 is 23.1 Å². The van der Waals surface area contributed by atoms with E-state index >= 15 is 0 Å². The van der Waals surface area contributed by atoms with Gasteiger partial charge in [0.2, 0.25) is 5.67 Å². The van der Waals surface area contributed by atoms with Crippen LogP contribution >= 0.6 is 11.6 Å². The SMILES string of the molecule is CC(F)(c1ccc(Cl)cc1)C(F)(F)C(=O)O. The third-order valence-corrected chi connectivity index (χ3v) is 2.50. The number of hydrogen-bond donors (Lipinski definition) is 1. The van der Waals surface area contributed by atoms with Crippen LogP contribution in [0.1, 0.15) is 12.5 Å². The van der Waals surface area contributed by atoms with E-state index in [1.807, 2.05) is 0 Å². The summed E-state index contributed by atoms with van der Waals surface area (Å²) < 4.78 is 40.0. The van der Waals surface area contributed by atoms with E-state index in [2.05, 4.69) is 0 Å². The van der Waals surface area contributed by atoms with Crippen LogP contribution in [0.3, 0.4) is 0 Å². The molecule has 1 atom stereocenters. The highest BCUT2D eigenvalue weighted by atomic mass is 35.5. The zero-order valence-corrected chi connectivity index (χ0v) is 8.93. The first-order valence-electron chi connectivity index (χ1n) is 4.26.